The number of guanidine groups is 1. The van der Waals surface area contributed by atoms with E-state index in [1.165, 1.54) is 12.8 Å². The summed E-state index contributed by atoms with van der Waals surface area (Å²) in [6, 6.07) is 10.9. The molecule has 6 heteroatoms. The van der Waals surface area contributed by atoms with Crippen molar-refractivity contribution in [1.82, 2.24) is 15.5 Å². The molecule has 2 unspecified atom stereocenters. The average Bonchev–Trinajstić information content (AvgIpc) is 3.42. The summed E-state index contributed by atoms with van der Waals surface area (Å²) in [6.45, 7) is 6.87. The first-order valence-corrected chi connectivity index (χ1v) is 11.1. The molecule has 3 N–H and O–H groups in total. The minimum absolute atomic E-state index is 0.266. The van der Waals surface area contributed by atoms with Crippen molar-refractivity contribution in [2.75, 3.05) is 32.0 Å². The monoisotopic (exact) mass is 399 g/mol. The number of benzene rings is 1. The van der Waals surface area contributed by atoms with Gasteiger partial charge in [0.1, 0.15) is 0 Å². The van der Waals surface area contributed by atoms with Crippen molar-refractivity contribution >= 4 is 17.6 Å². The fraction of sp³-hybridized carbons (Fsp3) is 0.652. The Morgan fingerprint density at radius 1 is 1.17 bits per heavy atom. The smallest absolute Gasteiger partial charge is 0.225 e. The fourth-order valence-electron chi connectivity index (χ4n) is 4.31. The normalized spacial score (nSPS) is 21.4. The molecule has 3 rings (SSSR count). The highest BCUT2D eigenvalue weighted by Gasteiger charge is 2.32. The van der Waals surface area contributed by atoms with E-state index in [1.807, 2.05) is 18.2 Å². The van der Waals surface area contributed by atoms with E-state index in [0.29, 0.717) is 17.9 Å². The van der Waals surface area contributed by atoms with Crippen LogP contribution in [-0.2, 0) is 4.79 Å². The van der Waals surface area contributed by atoms with Gasteiger partial charge in [0, 0.05) is 50.4 Å². The first-order valence-electron chi connectivity index (χ1n) is 11.1. The lowest BCUT2D eigenvalue weighted by molar-refractivity contribution is -0.134. The Hall–Kier alpha value is -2.24. The quantitative estimate of drug-likeness (QED) is 0.487. The summed E-state index contributed by atoms with van der Waals surface area (Å²) in [6.07, 6.45) is 5.53. The summed E-state index contributed by atoms with van der Waals surface area (Å²) in [5.74, 6) is 1.92. The Balaban J connectivity index is 1.46. The molecule has 6 nitrogen and oxygen atoms in total. The summed E-state index contributed by atoms with van der Waals surface area (Å²) >= 11 is 0. The lowest BCUT2D eigenvalue weighted by Crippen LogP contribution is -2.49. The summed E-state index contributed by atoms with van der Waals surface area (Å²) in [5.41, 5.74) is 1.13. The van der Waals surface area contributed by atoms with Crippen LogP contribution in [-0.4, -0.2) is 55.5 Å². The topological polar surface area (TPSA) is 68.8 Å². The molecule has 0 radical (unpaired) electrons. The van der Waals surface area contributed by atoms with E-state index in [0.717, 1.165) is 50.5 Å². The highest BCUT2D eigenvalue weighted by atomic mass is 16.2. The van der Waals surface area contributed by atoms with E-state index in [4.69, 9.17) is 0 Å². The van der Waals surface area contributed by atoms with Crippen molar-refractivity contribution in [3.8, 4) is 0 Å². The number of carbonyl (C=O) groups excluding carboxylic acids is 1. The molecular weight excluding hydrogens is 362 g/mol. The lowest BCUT2D eigenvalue weighted by Gasteiger charge is -2.26. The average molecular weight is 400 g/mol. The molecule has 1 aromatic carbocycles. The predicted molar refractivity (Wildman–Crippen MR) is 120 cm³/mol. The van der Waals surface area contributed by atoms with Gasteiger partial charge in [-0.05, 0) is 37.3 Å². The van der Waals surface area contributed by atoms with Crippen molar-refractivity contribution in [2.24, 2.45) is 16.8 Å². The molecule has 1 aromatic rings. The van der Waals surface area contributed by atoms with Gasteiger partial charge in [0.2, 0.25) is 5.91 Å². The number of carbonyl (C=O) groups is 1. The number of nitrogens with one attached hydrogen (secondary N) is 3. The minimum atomic E-state index is 0.266. The molecule has 1 aliphatic heterocycles. The maximum absolute atomic E-state index is 12.7. The van der Waals surface area contributed by atoms with Crippen molar-refractivity contribution in [2.45, 2.75) is 58.0 Å². The molecule has 160 valence electrons. The molecule has 0 spiro atoms. The van der Waals surface area contributed by atoms with Crippen LogP contribution in [0.4, 0.5) is 5.69 Å². The Bertz CT molecular complexity index is 669. The molecule has 1 saturated carbocycles. The fourth-order valence-corrected chi connectivity index (χ4v) is 4.31. The van der Waals surface area contributed by atoms with Gasteiger partial charge < -0.3 is 20.9 Å². The van der Waals surface area contributed by atoms with E-state index in [-0.39, 0.29) is 12.0 Å². The number of hydrogen-bond acceptors (Lipinski definition) is 3. The maximum atomic E-state index is 12.7. The van der Waals surface area contributed by atoms with Gasteiger partial charge in [-0.3, -0.25) is 9.79 Å². The van der Waals surface area contributed by atoms with Gasteiger partial charge in [-0.15, -0.1) is 0 Å². The van der Waals surface area contributed by atoms with Crippen LogP contribution in [0.5, 0.6) is 0 Å². The largest absolute Gasteiger partial charge is 0.380 e. The van der Waals surface area contributed by atoms with Crippen LogP contribution in [0.3, 0.4) is 0 Å². The second-order valence-corrected chi connectivity index (χ2v) is 8.71. The van der Waals surface area contributed by atoms with Crippen LogP contribution in [0.1, 0.15) is 46.0 Å². The van der Waals surface area contributed by atoms with E-state index < -0.39 is 0 Å². The van der Waals surface area contributed by atoms with E-state index in [9.17, 15) is 4.79 Å². The predicted octanol–water partition coefficient (Wildman–Crippen LogP) is 3.08. The molecule has 1 saturated heterocycles. The zero-order chi connectivity index (χ0) is 20.6. The Labute approximate surface area is 175 Å². The molecule has 1 amide bonds. The van der Waals surface area contributed by atoms with Crippen LogP contribution in [0, 0.1) is 11.8 Å². The van der Waals surface area contributed by atoms with Gasteiger partial charge in [-0.1, -0.05) is 44.9 Å². The van der Waals surface area contributed by atoms with E-state index in [2.05, 4.69) is 51.8 Å². The van der Waals surface area contributed by atoms with Crippen LogP contribution < -0.4 is 16.0 Å². The molecule has 1 aliphatic carbocycles. The van der Waals surface area contributed by atoms with Crippen molar-refractivity contribution in [3.63, 3.8) is 0 Å². The summed E-state index contributed by atoms with van der Waals surface area (Å²) in [5, 5.41) is 10.6. The molecular formula is C23H37N5O. The molecule has 2 aliphatic rings. The minimum Gasteiger partial charge on any atom is -0.380 e. The standard InChI is InChI=1S/C23H37N5O/c1-17(2)21(26-19-11-5-4-6-12-19)15-25-23(24-3)27-20-13-14-28(16-20)22(29)18-9-7-8-10-18/h4-6,11-12,17-18,20-21,26H,7-10,13-16H2,1-3H3,(H2,24,25,27). The van der Waals surface area contributed by atoms with Crippen LogP contribution >= 0.6 is 0 Å². The van der Waals surface area contributed by atoms with Gasteiger partial charge in [0.25, 0.3) is 0 Å². The summed E-state index contributed by atoms with van der Waals surface area (Å²) < 4.78 is 0. The van der Waals surface area contributed by atoms with Crippen molar-refractivity contribution < 1.29 is 4.79 Å². The second kappa shape index (κ2) is 10.5. The first-order chi connectivity index (χ1) is 14.1. The molecule has 0 aromatic heterocycles. The second-order valence-electron chi connectivity index (χ2n) is 8.71. The number of amides is 1. The number of hydrogen-bond donors (Lipinski definition) is 3. The molecule has 1 heterocycles. The van der Waals surface area contributed by atoms with Crippen molar-refractivity contribution in [3.05, 3.63) is 30.3 Å². The highest BCUT2D eigenvalue weighted by Crippen LogP contribution is 2.27. The van der Waals surface area contributed by atoms with Crippen molar-refractivity contribution in [1.29, 1.82) is 0 Å². The third-order valence-electron chi connectivity index (χ3n) is 6.19. The Morgan fingerprint density at radius 3 is 2.55 bits per heavy atom. The molecule has 2 fully saturated rings. The van der Waals surface area contributed by atoms with Crippen LogP contribution in [0.15, 0.2) is 35.3 Å². The third kappa shape index (κ3) is 6.12. The lowest BCUT2D eigenvalue weighted by atomic mass is 10.0. The number of nitrogens with zero attached hydrogens (tertiary/aromatic N) is 2. The highest BCUT2D eigenvalue weighted by molar-refractivity contribution is 5.81. The van der Waals surface area contributed by atoms with Crippen LogP contribution in [0.2, 0.25) is 0 Å². The van der Waals surface area contributed by atoms with E-state index in [1.54, 1.807) is 7.05 Å². The SMILES string of the molecule is CN=C(NCC(Nc1ccccc1)C(C)C)NC1CCN(C(=O)C2CCCC2)C1. The third-order valence-corrected chi connectivity index (χ3v) is 6.19. The number of aliphatic imine (C=N–C) groups is 1. The number of anilines is 1. The zero-order valence-electron chi connectivity index (χ0n) is 18.2. The Morgan fingerprint density at radius 2 is 1.90 bits per heavy atom. The maximum Gasteiger partial charge on any atom is 0.225 e. The summed E-state index contributed by atoms with van der Waals surface area (Å²) in [7, 11) is 1.81. The number of likely N-dealkylation sites (tertiary alicyclic amines) is 1. The molecule has 29 heavy (non-hydrogen) atoms. The van der Waals surface area contributed by atoms with Gasteiger partial charge in [-0.25, -0.2) is 0 Å². The van der Waals surface area contributed by atoms with Gasteiger partial charge >= 0.3 is 0 Å². The number of rotatable bonds is 7. The van der Waals surface area contributed by atoms with Crippen LogP contribution in [0.25, 0.3) is 0 Å². The first kappa shape index (κ1) is 21.5. The molecule has 0 bridgehead atoms. The van der Waals surface area contributed by atoms with Gasteiger partial charge in [0.15, 0.2) is 5.96 Å². The van der Waals surface area contributed by atoms with Gasteiger partial charge in [-0.2, -0.15) is 0 Å². The number of para-hydroxylation sites is 1. The molecule has 2 atom stereocenters. The van der Waals surface area contributed by atoms with E-state index >= 15 is 0 Å². The Kier molecular flexibility index (Phi) is 7.78. The zero-order valence-corrected chi connectivity index (χ0v) is 18.2. The van der Waals surface area contributed by atoms with Gasteiger partial charge in [0.05, 0.1) is 0 Å². The summed E-state index contributed by atoms with van der Waals surface area (Å²) in [4.78, 5) is 19.1.